The molecule has 0 aliphatic carbocycles. The normalized spacial score (nSPS) is 11.4. The molecule has 0 fully saturated rings. The smallest absolute Gasteiger partial charge is 0.265 e. The largest absolute Gasteiger partial charge is 0.497 e. The molecule has 31 heavy (non-hydrogen) atoms. The summed E-state index contributed by atoms with van der Waals surface area (Å²) in [6.07, 6.45) is -0.711. The van der Waals surface area contributed by atoms with Crippen LogP contribution in [0.4, 0.5) is 11.4 Å². The Labute approximate surface area is 182 Å². The van der Waals surface area contributed by atoms with Gasteiger partial charge in [-0.2, -0.15) is 0 Å². The Morgan fingerprint density at radius 2 is 1.48 bits per heavy atom. The number of anilines is 2. The molecule has 0 aliphatic rings. The number of carbonyl (C=O) groups excluding carboxylic acids is 2. The first-order valence-electron chi connectivity index (χ1n) is 9.96. The van der Waals surface area contributed by atoms with Crippen LogP contribution in [0.25, 0.3) is 0 Å². The fourth-order valence-electron chi connectivity index (χ4n) is 3.01. The summed E-state index contributed by atoms with van der Waals surface area (Å²) < 4.78 is 10.8. The molecule has 3 rings (SSSR count). The number of hydrogen-bond acceptors (Lipinski definition) is 4. The molecule has 0 unspecified atom stereocenters. The maximum Gasteiger partial charge on any atom is 0.265 e. The topological polar surface area (TPSA) is 76.7 Å². The van der Waals surface area contributed by atoms with Gasteiger partial charge >= 0.3 is 0 Å². The number of methoxy groups -OCH3 is 1. The quantitative estimate of drug-likeness (QED) is 0.568. The Hall–Kier alpha value is -3.80. The number of ether oxygens (including phenoxy) is 2. The van der Waals surface area contributed by atoms with Crippen molar-refractivity contribution in [3.8, 4) is 11.5 Å². The Balaban J connectivity index is 1.57. The third-order valence-electron chi connectivity index (χ3n) is 4.79. The molecule has 0 heterocycles. The van der Waals surface area contributed by atoms with Gasteiger partial charge in [0.25, 0.3) is 11.8 Å². The van der Waals surface area contributed by atoms with E-state index in [1.807, 2.05) is 32.0 Å². The molecule has 2 N–H and O–H groups in total. The lowest BCUT2D eigenvalue weighted by atomic mass is 10.1. The van der Waals surface area contributed by atoms with E-state index in [-0.39, 0.29) is 11.8 Å². The van der Waals surface area contributed by atoms with Gasteiger partial charge in [0, 0.05) is 16.9 Å². The van der Waals surface area contributed by atoms with Crippen LogP contribution in [0.5, 0.6) is 11.5 Å². The molecule has 0 saturated heterocycles. The first-order valence-corrected chi connectivity index (χ1v) is 9.96. The van der Waals surface area contributed by atoms with Crippen LogP contribution in [0, 0.1) is 13.8 Å². The molecule has 2 amide bonds. The molecule has 0 radical (unpaired) electrons. The van der Waals surface area contributed by atoms with E-state index in [9.17, 15) is 9.59 Å². The maximum atomic E-state index is 12.5. The fraction of sp³-hybridized carbons (Fsp3) is 0.200. The monoisotopic (exact) mass is 418 g/mol. The van der Waals surface area contributed by atoms with Gasteiger partial charge in [0.2, 0.25) is 0 Å². The molecule has 3 aromatic carbocycles. The van der Waals surface area contributed by atoms with Crippen LogP contribution in [-0.4, -0.2) is 25.0 Å². The summed E-state index contributed by atoms with van der Waals surface area (Å²) in [6, 6.07) is 19.6. The third-order valence-corrected chi connectivity index (χ3v) is 4.79. The summed E-state index contributed by atoms with van der Waals surface area (Å²) in [5.41, 5.74) is 4.08. The molecule has 0 spiro atoms. The summed E-state index contributed by atoms with van der Waals surface area (Å²) in [5, 5.41) is 5.71. The highest BCUT2D eigenvalue weighted by molar-refractivity contribution is 6.04. The van der Waals surface area contributed by atoms with E-state index in [2.05, 4.69) is 10.6 Å². The Morgan fingerprint density at radius 3 is 2.10 bits per heavy atom. The van der Waals surface area contributed by atoms with Gasteiger partial charge in [-0.25, -0.2) is 0 Å². The van der Waals surface area contributed by atoms with Crippen molar-refractivity contribution in [2.45, 2.75) is 26.9 Å². The number of aryl methyl sites for hydroxylation is 2. The highest BCUT2D eigenvalue weighted by Crippen LogP contribution is 2.20. The molecule has 0 bridgehead atoms. The molecule has 0 aliphatic heterocycles. The van der Waals surface area contributed by atoms with Crippen molar-refractivity contribution in [2.75, 3.05) is 17.7 Å². The number of amides is 2. The summed E-state index contributed by atoms with van der Waals surface area (Å²) in [5.74, 6) is 0.732. The van der Waals surface area contributed by atoms with E-state index in [1.165, 1.54) is 0 Å². The second-order valence-corrected chi connectivity index (χ2v) is 7.27. The molecular formula is C25H26N2O4. The van der Waals surface area contributed by atoms with Crippen LogP contribution in [-0.2, 0) is 4.79 Å². The molecule has 160 valence electrons. The summed E-state index contributed by atoms with van der Waals surface area (Å²) in [6.45, 7) is 5.63. The highest BCUT2D eigenvalue weighted by atomic mass is 16.5. The minimum atomic E-state index is -0.711. The zero-order valence-electron chi connectivity index (χ0n) is 18.1. The third kappa shape index (κ3) is 5.85. The van der Waals surface area contributed by atoms with E-state index in [4.69, 9.17) is 9.47 Å². The molecule has 3 aromatic rings. The van der Waals surface area contributed by atoms with E-state index < -0.39 is 6.10 Å². The second-order valence-electron chi connectivity index (χ2n) is 7.27. The van der Waals surface area contributed by atoms with Gasteiger partial charge in [0.1, 0.15) is 11.5 Å². The van der Waals surface area contributed by atoms with Crippen LogP contribution in [0.1, 0.15) is 28.4 Å². The molecular weight excluding hydrogens is 392 g/mol. The lowest BCUT2D eigenvalue weighted by molar-refractivity contribution is -0.122. The predicted molar refractivity (Wildman–Crippen MR) is 122 cm³/mol. The zero-order chi connectivity index (χ0) is 22.4. The van der Waals surface area contributed by atoms with Crippen LogP contribution in [0.15, 0.2) is 66.7 Å². The molecule has 6 heteroatoms. The Bertz CT molecular complexity index is 1060. The van der Waals surface area contributed by atoms with E-state index in [0.29, 0.717) is 22.7 Å². The number of hydrogen-bond donors (Lipinski definition) is 2. The maximum absolute atomic E-state index is 12.5. The zero-order valence-corrected chi connectivity index (χ0v) is 18.1. The summed E-state index contributed by atoms with van der Waals surface area (Å²) in [4.78, 5) is 24.9. The van der Waals surface area contributed by atoms with Gasteiger partial charge in [-0.1, -0.05) is 17.7 Å². The first kappa shape index (κ1) is 21.9. The van der Waals surface area contributed by atoms with E-state index >= 15 is 0 Å². The van der Waals surface area contributed by atoms with E-state index in [1.54, 1.807) is 62.6 Å². The van der Waals surface area contributed by atoms with Crippen molar-refractivity contribution in [3.05, 3.63) is 83.4 Å². The number of carbonyl (C=O) groups is 2. The highest BCUT2D eigenvalue weighted by Gasteiger charge is 2.15. The van der Waals surface area contributed by atoms with Gasteiger partial charge < -0.3 is 20.1 Å². The number of nitrogens with one attached hydrogen (secondary N) is 2. The second kappa shape index (κ2) is 9.80. The van der Waals surface area contributed by atoms with Crippen molar-refractivity contribution < 1.29 is 19.1 Å². The van der Waals surface area contributed by atoms with Crippen LogP contribution < -0.4 is 20.1 Å². The van der Waals surface area contributed by atoms with Crippen molar-refractivity contribution in [1.29, 1.82) is 0 Å². The number of benzene rings is 3. The molecule has 0 saturated carbocycles. The van der Waals surface area contributed by atoms with Crippen LogP contribution in [0.3, 0.4) is 0 Å². The van der Waals surface area contributed by atoms with Gasteiger partial charge in [0.05, 0.1) is 7.11 Å². The van der Waals surface area contributed by atoms with Crippen molar-refractivity contribution in [2.24, 2.45) is 0 Å². The van der Waals surface area contributed by atoms with Crippen molar-refractivity contribution in [3.63, 3.8) is 0 Å². The minimum absolute atomic E-state index is 0.205. The van der Waals surface area contributed by atoms with Crippen LogP contribution >= 0.6 is 0 Å². The van der Waals surface area contributed by atoms with Gasteiger partial charge in [-0.15, -0.1) is 0 Å². The lowest BCUT2D eigenvalue weighted by Crippen LogP contribution is -2.30. The van der Waals surface area contributed by atoms with Crippen LogP contribution in [0.2, 0.25) is 0 Å². The lowest BCUT2D eigenvalue weighted by Gasteiger charge is -2.15. The SMILES string of the molecule is COc1ccc(NC(=O)[C@@H](C)Oc2ccc(C(=O)Nc3ccc(C)cc3C)cc2)cc1. The van der Waals surface area contributed by atoms with E-state index in [0.717, 1.165) is 16.8 Å². The van der Waals surface area contributed by atoms with Crippen molar-refractivity contribution >= 4 is 23.2 Å². The molecule has 1 atom stereocenters. The fourth-order valence-corrected chi connectivity index (χ4v) is 3.01. The van der Waals surface area contributed by atoms with Gasteiger partial charge in [-0.05, 0) is 80.9 Å². The predicted octanol–water partition coefficient (Wildman–Crippen LogP) is 4.97. The summed E-state index contributed by atoms with van der Waals surface area (Å²) in [7, 11) is 1.59. The Kier molecular flexibility index (Phi) is 6.92. The van der Waals surface area contributed by atoms with Crippen molar-refractivity contribution in [1.82, 2.24) is 0 Å². The standard InChI is InChI=1S/C25H26N2O4/c1-16-5-14-23(17(2)15-16)27-25(29)19-6-10-22(11-7-19)31-18(3)24(28)26-20-8-12-21(30-4)13-9-20/h5-15,18H,1-4H3,(H,26,28)(H,27,29)/t18-/m1/s1. The molecule has 0 aromatic heterocycles. The molecule has 6 nitrogen and oxygen atoms in total. The summed E-state index contributed by atoms with van der Waals surface area (Å²) >= 11 is 0. The van der Waals surface area contributed by atoms with Gasteiger partial charge in [-0.3, -0.25) is 9.59 Å². The number of rotatable bonds is 7. The average Bonchev–Trinajstić information content (AvgIpc) is 2.76. The average molecular weight is 418 g/mol. The minimum Gasteiger partial charge on any atom is -0.497 e. The first-order chi connectivity index (χ1) is 14.9. The Morgan fingerprint density at radius 1 is 0.839 bits per heavy atom. The van der Waals surface area contributed by atoms with Gasteiger partial charge in [0.15, 0.2) is 6.10 Å².